The molecule has 9 heteroatoms. The maximum atomic E-state index is 13.4. The summed E-state index contributed by atoms with van der Waals surface area (Å²) in [5.41, 5.74) is 0.745. The van der Waals surface area contributed by atoms with Crippen molar-refractivity contribution in [2.45, 2.75) is 32.4 Å². The van der Waals surface area contributed by atoms with Crippen LogP contribution in [0.5, 0.6) is 0 Å². The lowest BCUT2D eigenvalue weighted by atomic mass is 10.1. The zero-order valence-electron chi connectivity index (χ0n) is 17.6. The topological polar surface area (TPSA) is 94.2 Å². The number of fused-ring (bicyclic) bond motifs is 2. The predicted molar refractivity (Wildman–Crippen MR) is 123 cm³/mol. The summed E-state index contributed by atoms with van der Waals surface area (Å²) in [6.45, 7) is 3.74. The molecule has 1 N–H and O–H groups in total. The molecule has 1 unspecified atom stereocenters. The van der Waals surface area contributed by atoms with Crippen LogP contribution in [0.4, 0.5) is 0 Å². The van der Waals surface area contributed by atoms with Crippen molar-refractivity contribution in [1.29, 1.82) is 0 Å². The minimum Gasteiger partial charge on any atom is -0.341 e. The Bertz CT molecular complexity index is 1300. The first-order chi connectivity index (χ1) is 15.0. The van der Waals surface area contributed by atoms with E-state index < -0.39 is 0 Å². The quantitative estimate of drug-likeness (QED) is 0.478. The molecule has 3 aromatic heterocycles. The number of rotatable bonds is 7. The lowest BCUT2D eigenvalue weighted by molar-refractivity contribution is 0.0928. The van der Waals surface area contributed by atoms with Gasteiger partial charge in [-0.25, -0.2) is 4.68 Å². The van der Waals surface area contributed by atoms with Gasteiger partial charge in [0.15, 0.2) is 17.2 Å². The first kappa shape index (κ1) is 21.0. The van der Waals surface area contributed by atoms with Gasteiger partial charge in [-0.2, -0.15) is 16.9 Å². The van der Waals surface area contributed by atoms with Crippen LogP contribution in [0.25, 0.3) is 16.4 Å². The molecule has 0 saturated carbocycles. The second-order valence-electron chi connectivity index (χ2n) is 7.53. The van der Waals surface area contributed by atoms with Crippen LogP contribution in [0.2, 0.25) is 0 Å². The summed E-state index contributed by atoms with van der Waals surface area (Å²) in [5, 5.41) is 17.1. The third-order valence-corrected chi connectivity index (χ3v) is 5.74. The molecule has 0 aliphatic rings. The molecule has 4 aromatic rings. The number of hydrogen-bond donors (Lipinski definition) is 1. The number of aromatic nitrogens is 5. The molecular formula is C22H24N6O2S. The molecule has 0 aliphatic heterocycles. The lowest BCUT2D eigenvalue weighted by Crippen LogP contribution is -2.34. The maximum Gasteiger partial charge on any atom is 0.274 e. The van der Waals surface area contributed by atoms with Crippen LogP contribution in [-0.2, 0) is 0 Å². The number of benzene rings is 1. The van der Waals surface area contributed by atoms with Gasteiger partial charge < -0.3 is 5.32 Å². The summed E-state index contributed by atoms with van der Waals surface area (Å²) in [6.07, 6.45) is 4.59. The van der Waals surface area contributed by atoms with Crippen LogP contribution in [0.15, 0.2) is 53.5 Å². The minimum atomic E-state index is -0.350. The lowest BCUT2D eigenvalue weighted by Gasteiger charge is -2.18. The van der Waals surface area contributed by atoms with E-state index in [1.165, 1.54) is 4.68 Å². The van der Waals surface area contributed by atoms with Gasteiger partial charge in [0, 0.05) is 11.6 Å². The Morgan fingerprint density at radius 2 is 1.84 bits per heavy atom. The number of thioether (sulfide) groups is 1. The van der Waals surface area contributed by atoms with E-state index >= 15 is 0 Å². The molecule has 31 heavy (non-hydrogen) atoms. The van der Waals surface area contributed by atoms with Crippen molar-refractivity contribution in [3.05, 3.63) is 70.5 Å². The van der Waals surface area contributed by atoms with Gasteiger partial charge in [0.25, 0.3) is 11.5 Å². The number of carbonyl (C=O) groups is 1. The highest BCUT2D eigenvalue weighted by atomic mass is 32.2. The maximum absolute atomic E-state index is 13.4. The molecule has 0 bridgehead atoms. The Labute approximate surface area is 183 Å². The van der Waals surface area contributed by atoms with Gasteiger partial charge in [0.1, 0.15) is 0 Å². The van der Waals surface area contributed by atoms with Crippen LogP contribution >= 0.6 is 11.8 Å². The zero-order chi connectivity index (χ0) is 22.0. The fourth-order valence-corrected chi connectivity index (χ4v) is 4.02. The monoisotopic (exact) mass is 436 g/mol. The highest BCUT2D eigenvalue weighted by molar-refractivity contribution is 7.98. The van der Waals surface area contributed by atoms with Crippen molar-refractivity contribution in [3.63, 3.8) is 0 Å². The van der Waals surface area contributed by atoms with Crippen molar-refractivity contribution in [2.75, 3.05) is 12.0 Å². The van der Waals surface area contributed by atoms with Gasteiger partial charge in [-0.1, -0.05) is 24.3 Å². The largest absolute Gasteiger partial charge is 0.341 e. The van der Waals surface area contributed by atoms with Gasteiger partial charge in [-0.15, -0.1) is 10.2 Å². The second kappa shape index (κ2) is 8.89. The number of hydrogen-bond acceptors (Lipinski definition) is 6. The first-order valence-corrected chi connectivity index (χ1v) is 11.5. The Morgan fingerprint density at radius 1 is 1.10 bits per heavy atom. The summed E-state index contributed by atoms with van der Waals surface area (Å²) in [4.78, 5) is 26.2. The van der Waals surface area contributed by atoms with Gasteiger partial charge in [-0.3, -0.25) is 14.0 Å². The number of carbonyl (C=O) groups excluding carboxylic acids is 1. The predicted octanol–water partition coefficient (Wildman–Crippen LogP) is 3.24. The van der Waals surface area contributed by atoms with Crippen molar-refractivity contribution in [2.24, 2.45) is 0 Å². The van der Waals surface area contributed by atoms with Gasteiger partial charge >= 0.3 is 0 Å². The molecule has 1 aromatic carbocycles. The Kier molecular flexibility index (Phi) is 6.03. The zero-order valence-corrected chi connectivity index (χ0v) is 18.5. The summed E-state index contributed by atoms with van der Waals surface area (Å²) in [7, 11) is 0. The summed E-state index contributed by atoms with van der Waals surface area (Å²) >= 11 is 1.70. The molecule has 1 amide bonds. The molecule has 0 aliphatic carbocycles. The van der Waals surface area contributed by atoms with E-state index in [0.29, 0.717) is 23.0 Å². The summed E-state index contributed by atoms with van der Waals surface area (Å²) in [6, 6.07) is 12.2. The Balaban J connectivity index is 1.77. The summed E-state index contributed by atoms with van der Waals surface area (Å²) < 4.78 is 3.24. The molecule has 8 nitrogen and oxygen atoms in total. The average Bonchev–Trinajstić information content (AvgIpc) is 3.21. The SMILES string of the molecule is CSCCC(NC(=O)c1nn(C(C)C)c(=O)c2ccccc12)c1nnc2ccccn12. The highest BCUT2D eigenvalue weighted by Gasteiger charge is 2.24. The van der Waals surface area contributed by atoms with Crippen LogP contribution in [0, 0.1) is 0 Å². The molecule has 160 valence electrons. The van der Waals surface area contributed by atoms with E-state index in [4.69, 9.17) is 0 Å². The minimum absolute atomic E-state index is 0.170. The fraction of sp³-hybridized carbons (Fsp3) is 0.318. The fourth-order valence-electron chi connectivity index (χ4n) is 3.55. The van der Waals surface area contributed by atoms with Crippen LogP contribution in [0.1, 0.15) is 48.7 Å². The van der Waals surface area contributed by atoms with E-state index in [9.17, 15) is 9.59 Å². The van der Waals surface area contributed by atoms with E-state index in [-0.39, 0.29) is 29.2 Å². The highest BCUT2D eigenvalue weighted by Crippen LogP contribution is 2.21. The van der Waals surface area contributed by atoms with Gasteiger partial charge in [0.05, 0.1) is 17.5 Å². The summed E-state index contributed by atoms with van der Waals surface area (Å²) in [5.74, 6) is 1.16. The number of pyridine rings is 1. The first-order valence-electron chi connectivity index (χ1n) is 10.1. The Morgan fingerprint density at radius 3 is 2.58 bits per heavy atom. The molecule has 0 spiro atoms. The van der Waals surface area contributed by atoms with E-state index in [0.717, 1.165) is 11.4 Å². The van der Waals surface area contributed by atoms with Crippen molar-refractivity contribution in [3.8, 4) is 0 Å². The molecule has 0 radical (unpaired) electrons. The third kappa shape index (κ3) is 4.05. The standard InChI is InChI=1S/C22H24N6O2S/c1-14(2)28-22(30)16-9-5-4-8-15(16)19(26-28)21(29)23-17(11-13-31-3)20-25-24-18-10-6-7-12-27(18)20/h4-10,12,14,17H,11,13H2,1-3H3,(H,23,29). The van der Waals surface area contributed by atoms with Crippen LogP contribution in [-0.4, -0.2) is 42.3 Å². The van der Waals surface area contributed by atoms with Crippen molar-refractivity contribution >= 4 is 34.1 Å². The molecule has 1 atom stereocenters. The van der Waals surface area contributed by atoms with Crippen molar-refractivity contribution in [1.82, 2.24) is 29.7 Å². The Hall–Kier alpha value is -3.20. The number of amides is 1. The molecule has 4 rings (SSSR count). The van der Waals surface area contributed by atoms with Crippen LogP contribution in [0.3, 0.4) is 0 Å². The van der Waals surface area contributed by atoms with Gasteiger partial charge in [-0.05, 0) is 50.5 Å². The van der Waals surface area contributed by atoms with Gasteiger partial charge in [0.2, 0.25) is 0 Å². The molecular weight excluding hydrogens is 412 g/mol. The molecule has 0 saturated heterocycles. The number of nitrogens with one attached hydrogen (secondary N) is 1. The molecule has 0 fully saturated rings. The number of nitrogens with zero attached hydrogens (tertiary/aromatic N) is 5. The van der Waals surface area contributed by atoms with E-state index in [2.05, 4.69) is 20.6 Å². The third-order valence-electron chi connectivity index (χ3n) is 5.10. The van der Waals surface area contributed by atoms with Crippen molar-refractivity contribution < 1.29 is 4.79 Å². The van der Waals surface area contributed by atoms with E-state index in [1.807, 2.05) is 48.9 Å². The molecule has 3 heterocycles. The normalized spacial score (nSPS) is 12.5. The van der Waals surface area contributed by atoms with Crippen LogP contribution < -0.4 is 10.9 Å². The average molecular weight is 437 g/mol. The second-order valence-corrected chi connectivity index (χ2v) is 8.52. The van der Waals surface area contributed by atoms with E-state index in [1.54, 1.807) is 36.0 Å². The smallest absolute Gasteiger partial charge is 0.274 e.